The van der Waals surface area contributed by atoms with Gasteiger partial charge in [-0.1, -0.05) is 42.1 Å². The number of primary amides is 1. The molecule has 0 spiro atoms. The Morgan fingerprint density at radius 3 is 2.71 bits per heavy atom. The molecule has 2 aromatic heterocycles. The molecule has 1 aromatic carbocycles. The molecule has 2 N–H and O–H groups in total. The number of aromatic nitrogens is 3. The van der Waals surface area contributed by atoms with E-state index >= 15 is 0 Å². The number of carbonyl (C=O) groups is 1. The van der Waals surface area contributed by atoms with Crippen molar-refractivity contribution in [3.63, 3.8) is 0 Å². The SMILES string of the molecule is Cc1occc1-c1nnc(SCCC(N)=O)n1Cc1ccccc1. The third-order valence-corrected chi connectivity index (χ3v) is 4.55. The summed E-state index contributed by atoms with van der Waals surface area (Å²) in [6.45, 7) is 2.55. The highest BCUT2D eigenvalue weighted by atomic mass is 32.2. The van der Waals surface area contributed by atoms with E-state index in [1.165, 1.54) is 11.8 Å². The van der Waals surface area contributed by atoms with Crippen LogP contribution in [0.25, 0.3) is 11.4 Å². The third-order valence-electron chi connectivity index (χ3n) is 3.58. The lowest BCUT2D eigenvalue weighted by molar-refractivity contribution is -0.117. The Kier molecular flexibility index (Phi) is 5.00. The van der Waals surface area contributed by atoms with E-state index in [9.17, 15) is 4.79 Å². The fraction of sp³-hybridized carbons (Fsp3) is 0.235. The van der Waals surface area contributed by atoms with Crippen LogP contribution in [-0.4, -0.2) is 26.4 Å². The molecule has 3 aromatic rings. The molecular weight excluding hydrogens is 324 g/mol. The van der Waals surface area contributed by atoms with Crippen LogP contribution in [0.2, 0.25) is 0 Å². The van der Waals surface area contributed by atoms with Gasteiger partial charge in [0.05, 0.1) is 18.4 Å². The number of aryl methyl sites for hydroxylation is 1. The molecule has 0 unspecified atom stereocenters. The first kappa shape index (κ1) is 16.3. The molecule has 1 amide bonds. The fourth-order valence-corrected chi connectivity index (χ4v) is 3.25. The van der Waals surface area contributed by atoms with E-state index < -0.39 is 0 Å². The van der Waals surface area contributed by atoms with Gasteiger partial charge in [0.25, 0.3) is 0 Å². The van der Waals surface area contributed by atoms with Crippen LogP contribution in [0.1, 0.15) is 17.7 Å². The van der Waals surface area contributed by atoms with Gasteiger partial charge >= 0.3 is 0 Å². The first-order chi connectivity index (χ1) is 11.6. The van der Waals surface area contributed by atoms with E-state index in [4.69, 9.17) is 10.2 Å². The van der Waals surface area contributed by atoms with E-state index in [1.807, 2.05) is 35.8 Å². The number of hydrogen-bond acceptors (Lipinski definition) is 5. The molecule has 7 heteroatoms. The Morgan fingerprint density at radius 2 is 2.04 bits per heavy atom. The number of hydrogen-bond donors (Lipinski definition) is 1. The van der Waals surface area contributed by atoms with Crippen molar-refractivity contribution in [3.8, 4) is 11.4 Å². The van der Waals surface area contributed by atoms with Crippen LogP contribution < -0.4 is 5.73 Å². The van der Waals surface area contributed by atoms with Gasteiger partial charge in [-0.2, -0.15) is 0 Å². The van der Waals surface area contributed by atoms with Crippen LogP contribution in [0.3, 0.4) is 0 Å². The zero-order valence-electron chi connectivity index (χ0n) is 13.3. The second-order valence-electron chi connectivity index (χ2n) is 5.33. The normalized spacial score (nSPS) is 10.9. The summed E-state index contributed by atoms with van der Waals surface area (Å²) in [7, 11) is 0. The molecule has 0 aliphatic rings. The first-order valence-electron chi connectivity index (χ1n) is 7.58. The molecular formula is C17H18N4O2S. The highest BCUT2D eigenvalue weighted by Crippen LogP contribution is 2.28. The maximum atomic E-state index is 11.0. The molecule has 0 bridgehead atoms. The van der Waals surface area contributed by atoms with Crippen LogP contribution >= 0.6 is 11.8 Å². The number of carbonyl (C=O) groups excluding carboxylic acids is 1. The van der Waals surface area contributed by atoms with Crippen molar-refractivity contribution in [1.29, 1.82) is 0 Å². The molecule has 3 rings (SSSR count). The molecule has 2 heterocycles. The lowest BCUT2D eigenvalue weighted by atomic mass is 10.2. The van der Waals surface area contributed by atoms with Crippen molar-refractivity contribution in [1.82, 2.24) is 14.8 Å². The van der Waals surface area contributed by atoms with Crippen LogP contribution in [0.5, 0.6) is 0 Å². The minimum Gasteiger partial charge on any atom is -0.469 e. The average Bonchev–Trinajstić information content (AvgIpc) is 3.15. The fourth-order valence-electron chi connectivity index (χ4n) is 2.36. The summed E-state index contributed by atoms with van der Waals surface area (Å²) in [6.07, 6.45) is 1.95. The predicted octanol–water partition coefficient (Wildman–Crippen LogP) is 2.86. The van der Waals surface area contributed by atoms with Crippen molar-refractivity contribution < 1.29 is 9.21 Å². The second-order valence-corrected chi connectivity index (χ2v) is 6.40. The van der Waals surface area contributed by atoms with E-state index in [0.717, 1.165) is 27.9 Å². The number of nitrogens with two attached hydrogens (primary N) is 1. The summed E-state index contributed by atoms with van der Waals surface area (Å²) >= 11 is 1.48. The number of thioether (sulfide) groups is 1. The van der Waals surface area contributed by atoms with Gasteiger partial charge in [0.1, 0.15) is 5.76 Å². The number of amides is 1. The van der Waals surface area contributed by atoms with E-state index in [0.29, 0.717) is 18.7 Å². The highest BCUT2D eigenvalue weighted by Gasteiger charge is 2.17. The summed E-state index contributed by atoms with van der Waals surface area (Å²) in [4.78, 5) is 11.0. The van der Waals surface area contributed by atoms with Crippen molar-refractivity contribution >= 4 is 17.7 Å². The zero-order chi connectivity index (χ0) is 16.9. The average molecular weight is 342 g/mol. The Hall–Kier alpha value is -2.54. The maximum Gasteiger partial charge on any atom is 0.218 e. The van der Waals surface area contributed by atoms with Gasteiger partial charge in [0.15, 0.2) is 11.0 Å². The molecule has 6 nitrogen and oxygen atoms in total. The van der Waals surface area contributed by atoms with Gasteiger partial charge in [-0.05, 0) is 18.6 Å². The monoisotopic (exact) mass is 342 g/mol. The summed E-state index contributed by atoms with van der Waals surface area (Å²) in [6, 6.07) is 12.0. The van der Waals surface area contributed by atoms with E-state index in [1.54, 1.807) is 6.26 Å². The Labute approximate surface area is 144 Å². The van der Waals surface area contributed by atoms with Crippen molar-refractivity contribution in [2.45, 2.75) is 25.0 Å². The molecule has 0 saturated heterocycles. The second kappa shape index (κ2) is 7.35. The zero-order valence-corrected chi connectivity index (χ0v) is 14.1. The smallest absolute Gasteiger partial charge is 0.218 e. The predicted molar refractivity (Wildman–Crippen MR) is 92.5 cm³/mol. The highest BCUT2D eigenvalue weighted by molar-refractivity contribution is 7.99. The van der Waals surface area contributed by atoms with Gasteiger partial charge < -0.3 is 10.2 Å². The Balaban J connectivity index is 1.92. The Bertz CT molecular complexity index is 826. The van der Waals surface area contributed by atoms with Gasteiger partial charge in [0, 0.05) is 12.2 Å². The van der Waals surface area contributed by atoms with Crippen molar-refractivity contribution in [2.24, 2.45) is 5.73 Å². The first-order valence-corrected chi connectivity index (χ1v) is 8.56. The lowest BCUT2D eigenvalue weighted by Crippen LogP contribution is -2.11. The van der Waals surface area contributed by atoms with Crippen LogP contribution in [0.4, 0.5) is 0 Å². The van der Waals surface area contributed by atoms with Gasteiger partial charge in [-0.25, -0.2) is 0 Å². The van der Waals surface area contributed by atoms with Gasteiger partial charge in [-0.3, -0.25) is 9.36 Å². The maximum absolute atomic E-state index is 11.0. The van der Waals surface area contributed by atoms with Crippen LogP contribution in [0, 0.1) is 6.92 Å². The molecule has 0 aliphatic carbocycles. The standard InChI is InChI=1S/C17H18N4O2S/c1-12-14(7-9-23-12)16-19-20-17(24-10-8-15(18)22)21(16)11-13-5-3-2-4-6-13/h2-7,9H,8,10-11H2,1H3,(H2,18,22). The van der Waals surface area contributed by atoms with Crippen molar-refractivity contribution in [3.05, 3.63) is 54.0 Å². The lowest BCUT2D eigenvalue weighted by Gasteiger charge is -2.10. The largest absolute Gasteiger partial charge is 0.469 e. The number of benzene rings is 1. The molecule has 24 heavy (non-hydrogen) atoms. The third kappa shape index (κ3) is 3.68. The molecule has 0 saturated carbocycles. The summed E-state index contributed by atoms with van der Waals surface area (Å²) in [5, 5.41) is 9.38. The van der Waals surface area contributed by atoms with Crippen LogP contribution in [-0.2, 0) is 11.3 Å². The number of nitrogens with zero attached hydrogens (tertiary/aromatic N) is 3. The molecule has 0 atom stereocenters. The molecule has 0 radical (unpaired) electrons. The quantitative estimate of drug-likeness (QED) is 0.667. The van der Waals surface area contributed by atoms with Crippen molar-refractivity contribution in [2.75, 3.05) is 5.75 Å². The minimum absolute atomic E-state index is 0.308. The summed E-state index contributed by atoms with van der Waals surface area (Å²) in [5.41, 5.74) is 7.28. The topological polar surface area (TPSA) is 86.9 Å². The number of furan rings is 1. The number of rotatable bonds is 7. The van der Waals surface area contributed by atoms with Gasteiger partial charge in [0.2, 0.25) is 5.91 Å². The summed E-state index contributed by atoms with van der Waals surface area (Å²) in [5.74, 6) is 1.81. The van der Waals surface area contributed by atoms with E-state index in [2.05, 4.69) is 22.3 Å². The summed E-state index contributed by atoms with van der Waals surface area (Å²) < 4.78 is 7.44. The minimum atomic E-state index is -0.317. The van der Waals surface area contributed by atoms with E-state index in [-0.39, 0.29) is 5.91 Å². The van der Waals surface area contributed by atoms with Crippen LogP contribution in [0.15, 0.2) is 52.2 Å². The molecule has 0 aliphatic heterocycles. The molecule has 124 valence electrons. The molecule has 0 fully saturated rings. The Morgan fingerprint density at radius 1 is 1.25 bits per heavy atom. The van der Waals surface area contributed by atoms with Gasteiger partial charge in [-0.15, -0.1) is 10.2 Å².